The Morgan fingerprint density at radius 2 is 1.87 bits per heavy atom. The van der Waals surface area contributed by atoms with Gasteiger partial charge in [-0.05, 0) is 42.3 Å². The zero-order valence-electron chi connectivity index (χ0n) is 13.2. The van der Waals surface area contributed by atoms with E-state index in [0.29, 0.717) is 37.4 Å². The molecule has 0 aromatic heterocycles. The van der Waals surface area contributed by atoms with Crippen molar-refractivity contribution in [3.63, 3.8) is 0 Å². The predicted molar refractivity (Wildman–Crippen MR) is 88.7 cm³/mol. The topological polar surface area (TPSA) is 55.6 Å². The van der Waals surface area contributed by atoms with Crippen LogP contribution in [-0.2, 0) is 11.2 Å². The van der Waals surface area contributed by atoms with E-state index in [-0.39, 0.29) is 11.7 Å². The molecule has 122 valence electrons. The molecule has 5 heteroatoms. The molecule has 2 rings (SSSR count). The summed E-state index contributed by atoms with van der Waals surface area (Å²) in [7, 11) is 1.74. The number of anilines is 1. The molecule has 0 saturated heterocycles. The largest absolute Gasteiger partial charge is 0.492 e. The Kier molecular flexibility index (Phi) is 5.97. The van der Waals surface area contributed by atoms with Crippen molar-refractivity contribution < 1.29 is 13.9 Å². The first-order valence-corrected chi connectivity index (χ1v) is 7.52. The van der Waals surface area contributed by atoms with Gasteiger partial charge in [0.2, 0.25) is 5.91 Å². The number of nitrogens with zero attached hydrogens (tertiary/aromatic N) is 1. The van der Waals surface area contributed by atoms with Gasteiger partial charge in [-0.1, -0.05) is 18.2 Å². The molecule has 2 aromatic carbocycles. The fraction of sp³-hybridized carbons (Fsp3) is 0.278. The quantitative estimate of drug-likeness (QED) is 0.799. The molecule has 0 heterocycles. The second kappa shape index (κ2) is 8.17. The molecule has 2 N–H and O–H groups in total. The standard InChI is InChI=1S/C18H21FN2O2/c1-21(12-13-23-16-9-7-15(19)8-10-16)18(22)11-6-14-4-2-3-5-17(14)20/h2-5,7-10H,6,11-13,20H2,1H3. The first-order chi connectivity index (χ1) is 11.1. The minimum absolute atomic E-state index is 0.0379. The van der Waals surface area contributed by atoms with Crippen molar-refractivity contribution >= 4 is 11.6 Å². The van der Waals surface area contributed by atoms with E-state index in [1.165, 1.54) is 12.1 Å². The minimum atomic E-state index is -0.301. The van der Waals surface area contributed by atoms with Gasteiger partial charge >= 0.3 is 0 Å². The van der Waals surface area contributed by atoms with Crippen molar-refractivity contribution in [1.29, 1.82) is 0 Å². The molecule has 0 fully saturated rings. The third kappa shape index (κ3) is 5.29. The number of aryl methyl sites for hydroxylation is 1. The zero-order chi connectivity index (χ0) is 16.7. The Bertz CT molecular complexity index is 644. The third-order valence-corrected chi connectivity index (χ3v) is 3.60. The van der Waals surface area contributed by atoms with Gasteiger partial charge in [0.1, 0.15) is 18.2 Å². The van der Waals surface area contributed by atoms with Crippen molar-refractivity contribution in [3.05, 3.63) is 59.9 Å². The fourth-order valence-electron chi connectivity index (χ4n) is 2.15. The lowest BCUT2D eigenvalue weighted by molar-refractivity contribution is -0.130. The normalized spacial score (nSPS) is 10.3. The first kappa shape index (κ1) is 16.8. The Balaban J connectivity index is 1.72. The number of rotatable bonds is 7. The van der Waals surface area contributed by atoms with Crippen LogP contribution in [0.25, 0.3) is 0 Å². The second-order valence-electron chi connectivity index (χ2n) is 5.32. The highest BCUT2D eigenvalue weighted by atomic mass is 19.1. The first-order valence-electron chi connectivity index (χ1n) is 7.52. The van der Waals surface area contributed by atoms with Crippen LogP contribution in [0.15, 0.2) is 48.5 Å². The molecule has 2 aromatic rings. The van der Waals surface area contributed by atoms with Crippen molar-refractivity contribution in [2.24, 2.45) is 0 Å². The molecule has 0 saturated carbocycles. The summed E-state index contributed by atoms with van der Waals surface area (Å²) in [6.45, 7) is 0.835. The maximum Gasteiger partial charge on any atom is 0.222 e. The Hall–Kier alpha value is -2.56. The summed E-state index contributed by atoms with van der Waals surface area (Å²) in [5.41, 5.74) is 7.56. The van der Waals surface area contributed by atoms with Crippen molar-refractivity contribution in [2.75, 3.05) is 25.9 Å². The highest BCUT2D eigenvalue weighted by Gasteiger charge is 2.10. The molecule has 1 amide bonds. The molecule has 0 aliphatic heterocycles. The lowest BCUT2D eigenvalue weighted by atomic mass is 10.1. The zero-order valence-corrected chi connectivity index (χ0v) is 13.2. The summed E-state index contributed by atoms with van der Waals surface area (Å²) in [5, 5.41) is 0. The summed E-state index contributed by atoms with van der Waals surface area (Å²) < 4.78 is 18.3. The number of carbonyl (C=O) groups is 1. The SMILES string of the molecule is CN(CCOc1ccc(F)cc1)C(=O)CCc1ccccc1N. The molecule has 23 heavy (non-hydrogen) atoms. The smallest absolute Gasteiger partial charge is 0.222 e. The summed E-state index contributed by atoms with van der Waals surface area (Å²) in [4.78, 5) is 13.7. The van der Waals surface area contributed by atoms with Crippen LogP contribution < -0.4 is 10.5 Å². The molecule has 0 unspecified atom stereocenters. The maximum atomic E-state index is 12.8. The van der Waals surface area contributed by atoms with Gasteiger partial charge in [-0.25, -0.2) is 4.39 Å². The lowest BCUT2D eigenvalue weighted by Crippen LogP contribution is -2.31. The third-order valence-electron chi connectivity index (χ3n) is 3.60. The van der Waals surface area contributed by atoms with Gasteiger partial charge in [-0.3, -0.25) is 4.79 Å². The predicted octanol–water partition coefficient (Wildman–Crippen LogP) is 2.88. The number of likely N-dealkylation sites (N-methyl/N-ethyl adjacent to an activating group) is 1. The van der Waals surface area contributed by atoms with E-state index < -0.39 is 0 Å². The van der Waals surface area contributed by atoms with Crippen molar-refractivity contribution in [1.82, 2.24) is 4.90 Å². The molecule has 0 atom stereocenters. The molecule has 0 radical (unpaired) electrons. The van der Waals surface area contributed by atoms with Crippen molar-refractivity contribution in [3.8, 4) is 5.75 Å². The van der Waals surface area contributed by atoms with Gasteiger partial charge < -0.3 is 15.4 Å². The number of nitrogen functional groups attached to an aromatic ring is 1. The van der Waals surface area contributed by atoms with E-state index in [0.717, 1.165) is 5.56 Å². The van der Waals surface area contributed by atoms with Crippen LogP contribution in [0.5, 0.6) is 5.75 Å². The van der Waals surface area contributed by atoms with Crippen LogP contribution in [0, 0.1) is 5.82 Å². The molecule has 0 aliphatic carbocycles. The summed E-state index contributed by atoms with van der Waals surface area (Å²) >= 11 is 0. The summed E-state index contributed by atoms with van der Waals surface area (Å²) in [6, 6.07) is 13.4. The van der Waals surface area contributed by atoms with Gasteiger partial charge in [-0.2, -0.15) is 0 Å². The van der Waals surface area contributed by atoms with E-state index in [1.807, 2.05) is 24.3 Å². The van der Waals surface area contributed by atoms with Crippen LogP contribution in [0.4, 0.5) is 10.1 Å². The fourth-order valence-corrected chi connectivity index (χ4v) is 2.15. The van der Waals surface area contributed by atoms with Gasteiger partial charge in [0.25, 0.3) is 0 Å². The van der Waals surface area contributed by atoms with E-state index in [4.69, 9.17) is 10.5 Å². The number of amides is 1. The Morgan fingerprint density at radius 3 is 2.57 bits per heavy atom. The van der Waals surface area contributed by atoms with Gasteiger partial charge in [-0.15, -0.1) is 0 Å². The number of halogens is 1. The van der Waals surface area contributed by atoms with Gasteiger partial charge in [0, 0.05) is 19.2 Å². The van der Waals surface area contributed by atoms with E-state index in [9.17, 15) is 9.18 Å². The van der Waals surface area contributed by atoms with E-state index in [1.54, 1.807) is 24.1 Å². The average molecular weight is 316 g/mol. The lowest BCUT2D eigenvalue weighted by Gasteiger charge is -2.17. The monoisotopic (exact) mass is 316 g/mol. The molecule has 0 bridgehead atoms. The highest BCUT2D eigenvalue weighted by Crippen LogP contribution is 2.13. The number of benzene rings is 2. The number of carbonyl (C=O) groups excluding carboxylic acids is 1. The molecule has 4 nitrogen and oxygen atoms in total. The Labute approximate surface area is 135 Å². The van der Waals surface area contributed by atoms with Crippen LogP contribution in [0.2, 0.25) is 0 Å². The minimum Gasteiger partial charge on any atom is -0.492 e. The summed E-state index contributed by atoms with van der Waals surface area (Å²) in [6.07, 6.45) is 1.02. The van der Waals surface area contributed by atoms with Crippen LogP contribution >= 0.6 is 0 Å². The molecule has 0 aliphatic rings. The second-order valence-corrected chi connectivity index (χ2v) is 5.32. The number of para-hydroxylation sites is 1. The molecular formula is C18H21FN2O2. The Morgan fingerprint density at radius 1 is 1.17 bits per heavy atom. The van der Waals surface area contributed by atoms with Gasteiger partial charge in [0.05, 0.1) is 6.54 Å². The van der Waals surface area contributed by atoms with E-state index in [2.05, 4.69) is 0 Å². The van der Waals surface area contributed by atoms with Gasteiger partial charge in [0.15, 0.2) is 0 Å². The number of hydrogen-bond donors (Lipinski definition) is 1. The van der Waals surface area contributed by atoms with E-state index >= 15 is 0 Å². The molecule has 0 spiro atoms. The molecular weight excluding hydrogens is 295 g/mol. The average Bonchev–Trinajstić information content (AvgIpc) is 2.55. The van der Waals surface area contributed by atoms with Crippen molar-refractivity contribution in [2.45, 2.75) is 12.8 Å². The van der Waals surface area contributed by atoms with Crippen LogP contribution in [0.1, 0.15) is 12.0 Å². The van der Waals surface area contributed by atoms with Crippen LogP contribution in [0.3, 0.4) is 0 Å². The number of hydrogen-bond acceptors (Lipinski definition) is 3. The maximum absolute atomic E-state index is 12.8. The highest BCUT2D eigenvalue weighted by molar-refractivity contribution is 5.76. The van der Waals surface area contributed by atoms with Crippen LogP contribution in [-0.4, -0.2) is 31.0 Å². The summed E-state index contributed by atoms with van der Waals surface area (Å²) in [5.74, 6) is 0.324. The number of nitrogens with two attached hydrogens (primary N) is 1. The number of ether oxygens (including phenoxy) is 1.